The Kier molecular flexibility index (Phi) is 6.16. The summed E-state index contributed by atoms with van der Waals surface area (Å²) in [5.74, 6) is 1.00. The van der Waals surface area contributed by atoms with Gasteiger partial charge in [-0.2, -0.15) is 5.10 Å². The number of phenols is 1. The van der Waals surface area contributed by atoms with Crippen molar-refractivity contribution in [2.75, 3.05) is 19.1 Å². The first kappa shape index (κ1) is 19.0. The number of thiazole rings is 1. The van der Waals surface area contributed by atoms with E-state index in [9.17, 15) is 5.11 Å². The molecule has 0 amide bonds. The van der Waals surface area contributed by atoms with Crippen LogP contribution in [0.15, 0.2) is 46.9 Å². The van der Waals surface area contributed by atoms with E-state index in [1.54, 1.807) is 25.5 Å². The van der Waals surface area contributed by atoms with Crippen LogP contribution in [0.1, 0.15) is 12.5 Å². The third kappa shape index (κ3) is 4.50. The van der Waals surface area contributed by atoms with Gasteiger partial charge in [0.05, 0.1) is 30.6 Å². The molecule has 8 heteroatoms. The minimum atomic E-state index is -0.0787. The Bertz CT molecular complexity index is 959. The number of hydrazone groups is 1. The molecule has 0 fully saturated rings. The smallest absolute Gasteiger partial charge is 0.203 e. The molecule has 0 spiro atoms. The van der Waals surface area contributed by atoms with Gasteiger partial charge in [0.25, 0.3) is 0 Å². The summed E-state index contributed by atoms with van der Waals surface area (Å²) in [5, 5.41) is 16.8. The normalized spacial score (nSPS) is 10.9. The molecule has 140 valence electrons. The first-order valence-electron chi connectivity index (χ1n) is 8.15. The van der Waals surface area contributed by atoms with Crippen molar-refractivity contribution in [2.45, 2.75) is 6.92 Å². The van der Waals surface area contributed by atoms with Crippen LogP contribution in [0, 0.1) is 0 Å². The summed E-state index contributed by atoms with van der Waals surface area (Å²) in [6.07, 6.45) is 1.58. The Morgan fingerprint density at radius 2 is 2.11 bits per heavy atom. The predicted octanol–water partition coefficient (Wildman–Crippen LogP) is 5.02. The van der Waals surface area contributed by atoms with Crippen LogP contribution in [0.4, 0.5) is 5.13 Å². The Labute approximate surface area is 166 Å². The lowest BCUT2D eigenvalue weighted by atomic mass is 10.1. The number of anilines is 1. The molecule has 0 unspecified atom stereocenters. The monoisotopic (exact) mass is 403 g/mol. The number of rotatable bonds is 7. The number of benzene rings is 2. The van der Waals surface area contributed by atoms with E-state index in [0.717, 1.165) is 17.0 Å². The fourth-order valence-electron chi connectivity index (χ4n) is 2.40. The molecular weight excluding hydrogens is 386 g/mol. The number of methoxy groups -OCH3 is 1. The molecule has 0 atom stereocenters. The van der Waals surface area contributed by atoms with Gasteiger partial charge in [0.15, 0.2) is 11.5 Å². The quantitative estimate of drug-likeness (QED) is 0.427. The van der Waals surface area contributed by atoms with Gasteiger partial charge in [0.2, 0.25) is 5.13 Å². The highest BCUT2D eigenvalue weighted by atomic mass is 35.5. The molecule has 0 bridgehead atoms. The minimum absolute atomic E-state index is 0.0787. The van der Waals surface area contributed by atoms with Gasteiger partial charge in [0.1, 0.15) is 5.75 Å². The van der Waals surface area contributed by atoms with Crippen molar-refractivity contribution in [3.05, 3.63) is 52.4 Å². The summed E-state index contributed by atoms with van der Waals surface area (Å²) < 4.78 is 10.7. The Morgan fingerprint density at radius 3 is 2.89 bits per heavy atom. The number of nitrogens with one attached hydrogen (secondary N) is 1. The summed E-state index contributed by atoms with van der Waals surface area (Å²) in [6, 6.07) is 11.0. The highest BCUT2D eigenvalue weighted by Gasteiger charge is 2.10. The van der Waals surface area contributed by atoms with E-state index in [-0.39, 0.29) is 10.8 Å². The Hall–Kier alpha value is -2.77. The SMILES string of the molecule is CCOc1cc(/C=N\Nc2nc(-c3ccccc3OC)cs2)cc(Cl)c1O. The fraction of sp³-hybridized carbons (Fsp3) is 0.158. The topological polar surface area (TPSA) is 76.0 Å². The number of aromatic hydroxyl groups is 1. The molecule has 0 saturated heterocycles. The zero-order valence-electron chi connectivity index (χ0n) is 14.8. The molecule has 3 rings (SSSR count). The first-order valence-corrected chi connectivity index (χ1v) is 9.41. The standard InChI is InChI=1S/C19H18ClN3O3S/c1-3-26-17-9-12(8-14(20)18(17)24)10-21-23-19-22-15(11-27-19)13-6-4-5-7-16(13)25-2/h4-11,24H,3H2,1-2H3,(H,22,23)/b21-10-. The molecule has 3 aromatic rings. The molecule has 0 radical (unpaired) electrons. The zero-order chi connectivity index (χ0) is 19.2. The second kappa shape index (κ2) is 8.75. The Morgan fingerprint density at radius 1 is 1.30 bits per heavy atom. The summed E-state index contributed by atoms with van der Waals surface area (Å²) in [5.41, 5.74) is 5.31. The number of nitrogens with zero attached hydrogens (tertiary/aromatic N) is 2. The predicted molar refractivity (Wildman–Crippen MR) is 110 cm³/mol. The average Bonchev–Trinajstić information content (AvgIpc) is 3.14. The van der Waals surface area contributed by atoms with Gasteiger partial charge in [-0.1, -0.05) is 23.7 Å². The lowest BCUT2D eigenvalue weighted by Gasteiger charge is -2.08. The lowest BCUT2D eigenvalue weighted by molar-refractivity contribution is 0.318. The van der Waals surface area contributed by atoms with Crippen LogP contribution in [0.2, 0.25) is 5.02 Å². The largest absolute Gasteiger partial charge is 0.503 e. The average molecular weight is 404 g/mol. The fourth-order valence-corrected chi connectivity index (χ4v) is 3.28. The van der Waals surface area contributed by atoms with Crippen molar-refractivity contribution in [3.8, 4) is 28.5 Å². The van der Waals surface area contributed by atoms with Crippen LogP contribution in [-0.2, 0) is 0 Å². The lowest BCUT2D eigenvalue weighted by Crippen LogP contribution is -1.95. The van der Waals surface area contributed by atoms with Gasteiger partial charge in [-0.3, -0.25) is 5.43 Å². The van der Waals surface area contributed by atoms with E-state index in [0.29, 0.717) is 23.1 Å². The van der Waals surface area contributed by atoms with Gasteiger partial charge in [-0.15, -0.1) is 11.3 Å². The summed E-state index contributed by atoms with van der Waals surface area (Å²) in [7, 11) is 1.63. The van der Waals surface area contributed by atoms with E-state index >= 15 is 0 Å². The number of aromatic nitrogens is 1. The number of ether oxygens (including phenoxy) is 2. The van der Waals surface area contributed by atoms with Gasteiger partial charge < -0.3 is 14.6 Å². The maximum atomic E-state index is 9.87. The summed E-state index contributed by atoms with van der Waals surface area (Å²) in [4.78, 5) is 4.52. The number of phenolic OH excluding ortho intramolecular Hbond substituents is 1. The van der Waals surface area contributed by atoms with E-state index in [1.807, 2.05) is 36.6 Å². The van der Waals surface area contributed by atoms with E-state index in [1.165, 1.54) is 11.3 Å². The van der Waals surface area contributed by atoms with Crippen LogP contribution < -0.4 is 14.9 Å². The molecule has 0 aliphatic rings. The number of hydrogen-bond acceptors (Lipinski definition) is 7. The van der Waals surface area contributed by atoms with E-state index in [4.69, 9.17) is 21.1 Å². The van der Waals surface area contributed by atoms with Crippen LogP contribution in [0.3, 0.4) is 0 Å². The van der Waals surface area contributed by atoms with Gasteiger partial charge in [0, 0.05) is 10.9 Å². The van der Waals surface area contributed by atoms with Gasteiger partial charge in [-0.25, -0.2) is 4.98 Å². The maximum absolute atomic E-state index is 9.87. The third-order valence-corrected chi connectivity index (χ3v) is 4.65. The van der Waals surface area contributed by atoms with Crippen LogP contribution in [0.5, 0.6) is 17.2 Å². The van der Waals surface area contributed by atoms with Crippen molar-refractivity contribution in [3.63, 3.8) is 0 Å². The highest BCUT2D eigenvalue weighted by molar-refractivity contribution is 7.14. The third-order valence-electron chi connectivity index (χ3n) is 3.61. The van der Waals surface area contributed by atoms with Crippen molar-refractivity contribution in [1.29, 1.82) is 0 Å². The molecule has 0 aliphatic heterocycles. The highest BCUT2D eigenvalue weighted by Crippen LogP contribution is 2.35. The number of para-hydroxylation sites is 1. The molecule has 2 aromatic carbocycles. The van der Waals surface area contributed by atoms with Crippen LogP contribution in [0.25, 0.3) is 11.3 Å². The molecule has 1 heterocycles. The molecule has 1 aromatic heterocycles. The van der Waals surface area contributed by atoms with Crippen molar-refractivity contribution < 1.29 is 14.6 Å². The minimum Gasteiger partial charge on any atom is -0.503 e. The number of hydrogen-bond donors (Lipinski definition) is 2. The maximum Gasteiger partial charge on any atom is 0.203 e. The Balaban J connectivity index is 1.73. The van der Waals surface area contributed by atoms with Gasteiger partial charge >= 0.3 is 0 Å². The molecule has 2 N–H and O–H groups in total. The van der Waals surface area contributed by atoms with Crippen molar-refractivity contribution in [1.82, 2.24) is 4.98 Å². The second-order valence-corrected chi connectivity index (χ2v) is 6.66. The van der Waals surface area contributed by atoms with Crippen LogP contribution in [-0.4, -0.2) is 30.0 Å². The molecule has 27 heavy (non-hydrogen) atoms. The van der Waals surface area contributed by atoms with Crippen molar-refractivity contribution >= 4 is 34.3 Å². The number of halogens is 1. The van der Waals surface area contributed by atoms with Crippen LogP contribution >= 0.6 is 22.9 Å². The van der Waals surface area contributed by atoms with Crippen molar-refractivity contribution in [2.24, 2.45) is 5.10 Å². The molecule has 6 nitrogen and oxygen atoms in total. The molecule has 0 saturated carbocycles. The molecular formula is C19H18ClN3O3S. The summed E-state index contributed by atoms with van der Waals surface area (Å²) >= 11 is 7.45. The van der Waals surface area contributed by atoms with E-state index in [2.05, 4.69) is 15.5 Å². The van der Waals surface area contributed by atoms with Gasteiger partial charge in [-0.05, 0) is 36.8 Å². The van der Waals surface area contributed by atoms with E-state index < -0.39 is 0 Å². The zero-order valence-corrected chi connectivity index (χ0v) is 16.3. The first-order chi connectivity index (χ1) is 13.1. The summed E-state index contributed by atoms with van der Waals surface area (Å²) in [6.45, 7) is 2.25. The molecule has 0 aliphatic carbocycles. The second-order valence-electron chi connectivity index (χ2n) is 5.39.